The first-order chi connectivity index (χ1) is 15.9. The standard InChI is InChI=1S/C21H16ClF6N3O3/c22-15-12-13(30-16-4-6-18(32)19-14(16)2-1-7-29-19)3-5-17(15)31(8-10-33-20(23,24)25)9-11-34-21(26,27)28/h1-7,12H,8-11H2. The molecule has 0 N–H and O–H groups in total. The smallest absolute Gasteiger partial charge is 0.366 e. The van der Waals surface area contributed by atoms with E-state index in [0.29, 0.717) is 17.0 Å². The number of carbonyl (C=O) groups is 1. The number of alkyl halides is 6. The van der Waals surface area contributed by atoms with Crippen molar-refractivity contribution in [1.82, 2.24) is 4.98 Å². The molecule has 2 aromatic rings. The van der Waals surface area contributed by atoms with Crippen molar-refractivity contribution in [2.45, 2.75) is 12.7 Å². The molecule has 0 saturated carbocycles. The molecule has 0 radical (unpaired) electrons. The van der Waals surface area contributed by atoms with Crippen molar-refractivity contribution >= 4 is 34.5 Å². The van der Waals surface area contributed by atoms with Crippen LogP contribution in [0.3, 0.4) is 0 Å². The number of pyridine rings is 1. The number of aliphatic imine (C=N–C) groups is 1. The molecule has 1 aromatic carbocycles. The van der Waals surface area contributed by atoms with E-state index in [4.69, 9.17) is 11.6 Å². The number of hydrogen-bond donors (Lipinski definition) is 0. The quantitative estimate of drug-likeness (QED) is 0.442. The molecule has 0 atom stereocenters. The Labute approximate surface area is 194 Å². The van der Waals surface area contributed by atoms with Gasteiger partial charge in [-0.05, 0) is 42.5 Å². The zero-order valence-corrected chi connectivity index (χ0v) is 17.9. The van der Waals surface area contributed by atoms with E-state index in [-0.39, 0.29) is 22.2 Å². The minimum Gasteiger partial charge on any atom is -0.366 e. The highest BCUT2D eigenvalue weighted by molar-refractivity contribution is 6.33. The highest BCUT2D eigenvalue weighted by Gasteiger charge is 2.30. The fourth-order valence-corrected chi connectivity index (χ4v) is 3.38. The predicted molar refractivity (Wildman–Crippen MR) is 112 cm³/mol. The number of rotatable bonds is 8. The summed E-state index contributed by atoms with van der Waals surface area (Å²) in [6, 6.07) is 7.59. The van der Waals surface area contributed by atoms with Crippen molar-refractivity contribution in [2.24, 2.45) is 4.99 Å². The van der Waals surface area contributed by atoms with Crippen LogP contribution in [0, 0.1) is 0 Å². The molecule has 0 amide bonds. The largest absolute Gasteiger partial charge is 0.522 e. The van der Waals surface area contributed by atoms with Gasteiger partial charge in [-0.3, -0.25) is 19.3 Å². The van der Waals surface area contributed by atoms with Crippen LogP contribution in [-0.4, -0.2) is 55.5 Å². The van der Waals surface area contributed by atoms with Gasteiger partial charge < -0.3 is 4.90 Å². The van der Waals surface area contributed by atoms with Crippen molar-refractivity contribution in [3.63, 3.8) is 0 Å². The Hall–Kier alpha value is -2.96. The third kappa shape index (κ3) is 7.27. The molecule has 0 aliphatic heterocycles. The monoisotopic (exact) mass is 507 g/mol. The number of hydrogen-bond acceptors (Lipinski definition) is 6. The minimum absolute atomic E-state index is 0.0307. The Morgan fingerprint density at radius 1 is 0.971 bits per heavy atom. The SMILES string of the molecule is O=C1C=CC(=Nc2ccc(N(CCOC(F)(F)F)CCOC(F)(F)F)c(Cl)c2)c2cccnc21. The first kappa shape index (κ1) is 25.7. The number of anilines is 1. The Morgan fingerprint density at radius 2 is 1.62 bits per heavy atom. The molecule has 182 valence electrons. The Kier molecular flexibility index (Phi) is 7.95. The maximum atomic E-state index is 12.3. The van der Waals surface area contributed by atoms with E-state index in [1.807, 2.05) is 0 Å². The Balaban J connectivity index is 1.82. The van der Waals surface area contributed by atoms with Gasteiger partial charge in [-0.2, -0.15) is 0 Å². The van der Waals surface area contributed by atoms with Crippen LogP contribution in [0.4, 0.5) is 37.7 Å². The van der Waals surface area contributed by atoms with E-state index in [9.17, 15) is 31.1 Å². The summed E-state index contributed by atoms with van der Waals surface area (Å²) in [7, 11) is 0. The summed E-state index contributed by atoms with van der Waals surface area (Å²) in [5, 5.41) is 0.0307. The highest BCUT2D eigenvalue weighted by Crippen LogP contribution is 2.31. The van der Waals surface area contributed by atoms with Gasteiger partial charge in [0.1, 0.15) is 5.69 Å². The molecular formula is C21H16ClF6N3O3. The van der Waals surface area contributed by atoms with Gasteiger partial charge in [0, 0.05) is 24.8 Å². The molecule has 34 heavy (non-hydrogen) atoms. The molecule has 1 aliphatic rings. The third-order valence-corrected chi connectivity index (χ3v) is 4.79. The first-order valence-corrected chi connectivity index (χ1v) is 10.0. The maximum absolute atomic E-state index is 12.3. The number of benzene rings is 1. The molecule has 0 bridgehead atoms. The van der Waals surface area contributed by atoms with Crippen molar-refractivity contribution in [2.75, 3.05) is 31.2 Å². The van der Waals surface area contributed by atoms with Crippen LogP contribution in [-0.2, 0) is 9.47 Å². The average molecular weight is 508 g/mol. The second kappa shape index (κ2) is 10.5. The van der Waals surface area contributed by atoms with Crippen LogP contribution in [0.2, 0.25) is 5.02 Å². The van der Waals surface area contributed by atoms with E-state index in [2.05, 4.69) is 19.5 Å². The van der Waals surface area contributed by atoms with E-state index in [1.165, 1.54) is 41.4 Å². The van der Waals surface area contributed by atoms with Crippen molar-refractivity contribution in [1.29, 1.82) is 0 Å². The lowest BCUT2D eigenvalue weighted by Crippen LogP contribution is -2.34. The third-order valence-electron chi connectivity index (χ3n) is 4.48. The van der Waals surface area contributed by atoms with Crippen molar-refractivity contribution in [3.05, 3.63) is 65.0 Å². The Bertz CT molecular complexity index is 1080. The second-order valence-electron chi connectivity index (χ2n) is 6.81. The molecule has 0 spiro atoms. The number of nitrogens with zero attached hydrogens (tertiary/aromatic N) is 3. The van der Waals surface area contributed by atoms with Crippen molar-refractivity contribution < 1.29 is 40.6 Å². The molecule has 1 aliphatic carbocycles. The lowest BCUT2D eigenvalue weighted by Gasteiger charge is -2.26. The summed E-state index contributed by atoms with van der Waals surface area (Å²) >= 11 is 6.28. The highest BCUT2D eigenvalue weighted by atomic mass is 35.5. The van der Waals surface area contributed by atoms with Gasteiger partial charge in [0.25, 0.3) is 0 Å². The average Bonchev–Trinajstić information content (AvgIpc) is 2.73. The molecule has 1 aromatic heterocycles. The summed E-state index contributed by atoms with van der Waals surface area (Å²) in [5.41, 5.74) is 1.67. The zero-order chi connectivity index (χ0) is 24.9. The fourth-order valence-electron chi connectivity index (χ4n) is 3.09. The van der Waals surface area contributed by atoms with Crippen molar-refractivity contribution in [3.8, 4) is 0 Å². The number of fused-ring (bicyclic) bond motifs is 1. The van der Waals surface area contributed by atoms with Crippen LogP contribution in [0.5, 0.6) is 0 Å². The van der Waals surface area contributed by atoms with E-state index < -0.39 is 39.0 Å². The lowest BCUT2D eigenvalue weighted by atomic mass is 9.99. The molecule has 0 unspecified atom stereocenters. The molecular weight excluding hydrogens is 492 g/mol. The van der Waals surface area contributed by atoms with Crippen LogP contribution in [0.15, 0.2) is 53.7 Å². The fraction of sp³-hybridized carbons (Fsp3) is 0.286. The number of ketones is 1. The zero-order valence-electron chi connectivity index (χ0n) is 17.2. The molecule has 1 heterocycles. The molecule has 13 heteroatoms. The summed E-state index contributed by atoms with van der Waals surface area (Å²) in [6.45, 7) is -2.48. The van der Waals surface area contributed by atoms with Gasteiger partial charge in [-0.1, -0.05) is 11.6 Å². The summed E-state index contributed by atoms with van der Waals surface area (Å²) < 4.78 is 81.3. The summed E-state index contributed by atoms with van der Waals surface area (Å²) in [6.07, 6.45) is -5.49. The van der Waals surface area contributed by atoms with E-state index >= 15 is 0 Å². The van der Waals surface area contributed by atoms with Gasteiger partial charge in [0.15, 0.2) is 0 Å². The number of aromatic nitrogens is 1. The topological polar surface area (TPSA) is 64.0 Å². The number of halogens is 7. The van der Waals surface area contributed by atoms with Gasteiger partial charge in [-0.25, -0.2) is 4.99 Å². The van der Waals surface area contributed by atoms with Crippen LogP contribution < -0.4 is 4.90 Å². The molecule has 0 saturated heterocycles. The van der Waals surface area contributed by atoms with Gasteiger partial charge in [0.05, 0.1) is 35.3 Å². The molecule has 3 rings (SSSR count). The normalized spacial score (nSPS) is 15.0. The lowest BCUT2D eigenvalue weighted by molar-refractivity contribution is -0.324. The Morgan fingerprint density at radius 3 is 2.21 bits per heavy atom. The van der Waals surface area contributed by atoms with Gasteiger partial charge in [0.2, 0.25) is 5.78 Å². The second-order valence-corrected chi connectivity index (χ2v) is 7.21. The van der Waals surface area contributed by atoms with Crippen LogP contribution >= 0.6 is 11.6 Å². The summed E-state index contributed by atoms with van der Waals surface area (Å²) in [5.74, 6) is -0.277. The van der Waals surface area contributed by atoms with Gasteiger partial charge in [-0.15, -0.1) is 26.3 Å². The summed E-state index contributed by atoms with van der Waals surface area (Å²) in [4.78, 5) is 21.6. The first-order valence-electron chi connectivity index (χ1n) is 9.65. The van der Waals surface area contributed by atoms with Crippen LogP contribution in [0.1, 0.15) is 16.1 Å². The van der Waals surface area contributed by atoms with E-state index in [1.54, 1.807) is 12.1 Å². The number of ether oxygens (including phenoxy) is 2. The predicted octanol–water partition coefficient (Wildman–Crippen LogP) is 5.49. The maximum Gasteiger partial charge on any atom is 0.522 e. The number of allylic oxidation sites excluding steroid dienone is 2. The molecule has 6 nitrogen and oxygen atoms in total. The van der Waals surface area contributed by atoms with Crippen LogP contribution in [0.25, 0.3) is 0 Å². The molecule has 0 fully saturated rings. The minimum atomic E-state index is -4.89. The van der Waals surface area contributed by atoms with E-state index in [0.717, 1.165) is 0 Å². The van der Waals surface area contributed by atoms with Gasteiger partial charge >= 0.3 is 12.7 Å². The number of carbonyl (C=O) groups excluding carboxylic acids is 1.